The summed E-state index contributed by atoms with van der Waals surface area (Å²) in [6, 6.07) is 12.7. The number of carbonyl (C=O) groups excluding carboxylic acids is 1. The molecule has 1 N–H and O–H groups in total. The molecular weight excluding hydrogens is 472 g/mol. The number of methoxy groups -OCH3 is 1. The van der Waals surface area contributed by atoms with Crippen LogP contribution in [0.4, 0.5) is 5.13 Å². The number of rotatable bonds is 4. The van der Waals surface area contributed by atoms with Gasteiger partial charge in [-0.05, 0) is 44.0 Å². The number of aromatic nitrogens is 1. The molecule has 0 aliphatic carbocycles. The SMILES string of the molecule is COc1ccc(C)cc1-c1csc(NC(=O)C2CCCN(C3=NS(=O)(=O)c4ccccc43)C2)n1. The number of amides is 1. The Hall–Kier alpha value is -3.24. The molecule has 176 valence electrons. The zero-order valence-corrected chi connectivity index (χ0v) is 20.4. The number of hydrogen-bond acceptors (Lipinski definition) is 7. The smallest absolute Gasteiger partial charge is 0.285 e. The van der Waals surface area contributed by atoms with Gasteiger partial charge in [-0.3, -0.25) is 4.79 Å². The molecule has 1 saturated heterocycles. The Morgan fingerprint density at radius 1 is 1.21 bits per heavy atom. The molecule has 34 heavy (non-hydrogen) atoms. The summed E-state index contributed by atoms with van der Waals surface area (Å²) in [5, 5.41) is 5.36. The first kappa shape index (κ1) is 22.5. The summed E-state index contributed by atoms with van der Waals surface area (Å²) in [4.78, 5) is 19.8. The van der Waals surface area contributed by atoms with Crippen molar-refractivity contribution < 1.29 is 17.9 Å². The molecule has 5 rings (SSSR count). The fraction of sp³-hybridized carbons (Fsp3) is 0.292. The van der Waals surface area contributed by atoms with Crippen LogP contribution in [0.1, 0.15) is 24.0 Å². The topological polar surface area (TPSA) is 101 Å². The number of amidine groups is 1. The summed E-state index contributed by atoms with van der Waals surface area (Å²) in [5.41, 5.74) is 3.31. The third-order valence-corrected chi connectivity index (χ3v) is 8.15. The fourth-order valence-electron chi connectivity index (χ4n) is 4.38. The summed E-state index contributed by atoms with van der Waals surface area (Å²) < 4.78 is 34.3. The van der Waals surface area contributed by atoms with Gasteiger partial charge >= 0.3 is 0 Å². The van der Waals surface area contributed by atoms with Gasteiger partial charge in [0.1, 0.15) is 10.6 Å². The molecule has 0 spiro atoms. The summed E-state index contributed by atoms with van der Waals surface area (Å²) in [6.07, 6.45) is 1.48. The third-order valence-electron chi connectivity index (χ3n) is 6.07. The van der Waals surface area contributed by atoms with E-state index in [9.17, 15) is 13.2 Å². The number of nitrogens with zero attached hydrogens (tertiary/aromatic N) is 3. The minimum Gasteiger partial charge on any atom is -0.496 e. The van der Waals surface area contributed by atoms with Crippen molar-refractivity contribution in [1.82, 2.24) is 9.88 Å². The lowest BCUT2D eigenvalue weighted by Crippen LogP contribution is -2.43. The van der Waals surface area contributed by atoms with E-state index < -0.39 is 10.0 Å². The van der Waals surface area contributed by atoms with Gasteiger partial charge in [0.15, 0.2) is 11.0 Å². The quantitative estimate of drug-likeness (QED) is 0.587. The van der Waals surface area contributed by atoms with E-state index in [-0.39, 0.29) is 16.7 Å². The molecule has 1 fully saturated rings. The van der Waals surface area contributed by atoms with Crippen molar-refractivity contribution in [3.63, 3.8) is 0 Å². The summed E-state index contributed by atoms with van der Waals surface area (Å²) in [7, 11) is -2.07. The van der Waals surface area contributed by atoms with Crippen LogP contribution in [0.25, 0.3) is 11.3 Å². The number of aryl methyl sites for hydroxylation is 1. The number of sulfonamides is 1. The zero-order chi connectivity index (χ0) is 23.9. The lowest BCUT2D eigenvalue weighted by Gasteiger charge is -2.33. The molecule has 2 aliphatic rings. The predicted octanol–water partition coefficient (Wildman–Crippen LogP) is 3.93. The van der Waals surface area contributed by atoms with Crippen molar-refractivity contribution in [2.24, 2.45) is 10.3 Å². The molecule has 1 amide bonds. The number of likely N-dealkylation sites (tertiary alicyclic amines) is 1. The standard InChI is InChI=1S/C24H24N4O4S2/c1-15-9-10-20(32-2)18(12-15)19-14-33-24(25-19)26-23(29)16-6-5-11-28(13-16)22-17-7-3-4-8-21(17)34(30,31)27-22/h3-4,7-10,12,14,16H,5-6,11,13H2,1-2H3,(H,25,26,29). The second-order valence-electron chi connectivity index (χ2n) is 8.40. The second-order valence-corrected chi connectivity index (χ2v) is 10.8. The van der Waals surface area contributed by atoms with Gasteiger partial charge in [-0.25, -0.2) is 4.98 Å². The number of benzene rings is 2. The first-order valence-electron chi connectivity index (χ1n) is 11.0. The van der Waals surface area contributed by atoms with Gasteiger partial charge in [-0.2, -0.15) is 8.42 Å². The Bertz CT molecular complexity index is 1400. The molecule has 1 unspecified atom stereocenters. The van der Waals surface area contributed by atoms with Gasteiger partial charge < -0.3 is 15.0 Å². The predicted molar refractivity (Wildman–Crippen MR) is 132 cm³/mol. The van der Waals surface area contributed by atoms with Gasteiger partial charge in [0, 0.05) is 29.6 Å². The van der Waals surface area contributed by atoms with Crippen LogP contribution in [0, 0.1) is 12.8 Å². The lowest BCUT2D eigenvalue weighted by molar-refractivity contribution is -0.121. The number of nitrogens with one attached hydrogen (secondary N) is 1. The van der Waals surface area contributed by atoms with Gasteiger partial charge in [0.2, 0.25) is 5.91 Å². The van der Waals surface area contributed by atoms with Crippen LogP contribution in [-0.2, 0) is 14.8 Å². The molecule has 2 aliphatic heterocycles. The Morgan fingerprint density at radius 3 is 2.85 bits per heavy atom. The maximum atomic E-state index is 13.1. The number of anilines is 1. The largest absolute Gasteiger partial charge is 0.496 e. The van der Waals surface area contributed by atoms with Crippen molar-refractivity contribution >= 4 is 38.2 Å². The van der Waals surface area contributed by atoms with E-state index in [0.29, 0.717) is 36.0 Å². The van der Waals surface area contributed by atoms with Gasteiger partial charge in [-0.1, -0.05) is 23.8 Å². The maximum absolute atomic E-state index is 13.1. The van der Waals surface area contributed by atoms with Crippen LogP contribution < -0.4 is 10.1 Å². The zero-order valence-electron chi connectivity index (χ0n) is 18.8. The molecule has 1 atom stereocenters. The third kappa shape index (κ3) is 4.19. The van der Waals surface area contributed by atoms with E-state index in [1.165, 1.54) is 11.3 Å². The Labute approximate surface area is 202 Å². The average molecular weight is 497 g/mol. The van der Waals surface area contributed by atoms with Crippen molar-refractivity contribution in [3.8, 4) is 17.0 Å². The minimum absolute atomic E-state index is 0.128. The minimum atomic E-state index is -3.70. The molecule has 0 radical (unpaired) electrons. The highest BCUT2D eigenvalue weighted by Crippen LogP contribution is 2.34. The highest BCUT2D eigenvalue weighted by molar-refractivity contribution is 7.90. The van der Waals surface area contributed by atoms with Crippen LogP contribution in [0.2, 0.25) is 0 Å². The van der Waals surface area contributed by atoms with Crippen molar-refractivity contribution in [2.75, 3.05) is 25.5 Å². The average Bonchev–Trinajstić information content (AvgIpc) is 3.41. The van der Waals surface area contributed by atoms with Crippen molar-refractivity contribution in [3.05, 3.63) is 59.0 Å². The summed E-state index contributed by atoms with van der Waals surface area (Å²) in [6.45, 7) is 3.06. The molecular formula is C24H24N4O4S2. The molecule has 2 aromatic carbocycles. The van der Waals surface area contributed by atoms with Crippen molar-refractivity contribution in [2.45, 2.75) is 24.7 Å². The van der Waals surface area contributed by atoms with Crippen LogP contribution in [0.15, 0.2) is 57.1 Å². The first-order valence-corrected chi connectivity index (χ1v) is 13.3. The molecule has 0 saturated carbocycles. The van der Waals surface area contributed by atoms with Crippen LogP contribution in [0.3, 0.4) is 0 Å². The molecule has 10 heteroatoms. The van der Waals surface area contributed by atoms with E-state index in [1.54, 1.807) is 31.4 Å². The van der Waals surface area contributed by atoms with Crippen LogP contribution in [0.5, 0.6) is 5.75 Å². The van der Waals surface area contributed by atoms with Gasteiger partial charge in [-0.15, -0.1) is 15.7 Å². The molecule has 1 aromatic heterocycles. The van der Waals surface area contributed by atoms with Crippen molar-refractivity contribution in [1.29, 1.82) is 0 Å². The normalized spacial score (nSPS) is 18.8. The number of thiazole rings is 1. The molecule has 8 nitrogen and oxygen atoms in total. The van der Waals surface area contributed by atoms with Crippen LogP contribution >= 0.6 is 11.3 Å². The Balaban J connectivity index is 1.31. The maximum Gasteiger partial charge on any atom is 0.285 e. The second kappa shape index (κ2) is 8.84. The lowest BCUT2D eigenvalue weighted by atomic mass is 9.96. The molecule has 3 heterocycles. The van der Waals surface area contributed by atoms with E-state index >= 15 is 0 Å². The number of ether oxygens (including phenoxy) is 1. The number of piperidine rings is 1. The Kier molecular flexibility index (Phi) is 5.86. The van der Waals surface area contributed by atoms with E-state index in [4.69, 9.17) is 4.74 Å². The van der Waals surface area contributed by atoms with Gasteiger partial charge in [0.05, 0.1) is 18.7 Å². The monoisotopic (exact) mass is 496 g/mol. The summed E-state index contributed by atoms with van der Waals surface area (Å²) >= 11 is 1.36. The van der Waals surface area contributed by atoms with E-state index in [0.717, 1.165) is 29.0 Å². The fourth-order valence-corrected chi connectivity index (χ4v) is 6.33. The van der Waals surface area contributed by atoms with Crippen LogP contribution in [-0.4, -0.2) is 50.2 Å². The number of fused-ring (bicyclic) bond motifs is 1. The highest BCUT2D eigenvalue weighted by Gasteiger charge is 2.35. The first-order chi connectivity index (χ1) is 16.4. The van der Waals surface area contributed by atoms with E-state index in [1.807, 2.05) is 35.4 Å². The number of carbonyl (C=O) groups is 1. The Morgan fingerprint density at radius 2 is 2.03 bits per heavy atom. The highest BCUT2D eigenvalue weighted by atomic mass is 32.2. The molecule has 3 aromatic rings. The number of hydrogen-bond donors (Lipinski definition) is 1. The molecule has 0 bridgehead atoms. The van der Waals surface area contributed by atoms with E-state index in [2.05, 4.69) is 14.7 Å². The summed E-state index contributed by atoms with van der Waals surface area (Å²) in [5.74, 6) is 0.727. The van der Waals surface area contributed by atoms with Gasteiger partial charge in [0.25, 0.3) is 10.0 Å².